The molecule has 1 aromatic heterocycles. The highest BCUT2D eigenvalue weighted by atomic mass is 35.5. The highest BCUT2D eigenvalue weighted by Crippen LogP contribution is 2.34. The Bertz CT molecular complexity index is 662. The fraction of sp³-hybridized carbons (Fsp3) is 0.647. The van der Waals surface area contributed by atoms with Crippen LogP contribution in [0.15, 0.2) is 12.3 Å². The number of piperidine rings is 1. The summed E-state index contributed by atoms with van der Waals surface area (Å²) in [4.78, 5) is 19.5. The molecule has 9 heteroatoms. The third kappa shape index (κ3) is 5.16. The summed E-state index contributed by atoms with van der Waals surface area (Å²) >= 11 is 6.03. The predicted octanol–water partition coefficient (Wildman–Crippen LogP) is 4.59. The van der Waals surface area contributed by atoms with Crippen LogP contribution in [0.1, 0.15) is 39.2 Å². The molecule has 0 bridgehead atoms. The van der Waals surface area contributed by atoms with Crippen LogP contribution in [0, 0.1) is 0 Å². The number of likely N-dealkylation sites (tertiary alicyclic amines) is 1. The van der Waals surface area contributed by atoms with Gasteiger partial charge in [0.15, 0.2) is 0 Å². The molecule has 1 amide bonds. The molecular formula is C17H23ClF3N3O2. The van der Waals surface area contributed by atoms with Gasteiger partial charge in [-0.3, -0.25) is 0 Å². The maximum Gasteiger partial charge on any atom is 0.417 e. The standard InChI is InChI=1S/C17H23ClF3N3O2/c1-16(2,3)26-15(25)24-7-5-6-12(10-24)23(4)14-13(18)8-11(9-22-14)17(19,20)21/h8-9,12H,5-7,10H2,1-4H3/t12-/m1/s1. The minimum absolute atomic E-state index is 0.0725. The molecule has 0 N–H and O–H groups in total. The third-order valence-corrected chi connectivity index (χ3v) is 4.36. The van der Waals surface area contributed by atoms with E-state index < -0.39 is 23.4 Å². The molecule has 1 aromatic rings. The molecule has 0 aliphatic carbocycles. The van der Waals surface area contributed by atoms with Crippen LogP contribution < -0.4 is 4.90 Å². The number of carbonyl (C=O) groups excluding carboxylic acids is 1. The second-order valence-electron chi connectivity index (χ2n) is 7.36. The summed E-state index contributed by atoms with van der Waals surface area (Å²) in [6.07, 6.45) is -2.60. The number of halogens is 4. The third-order valence-electron chi connectivity index (χ3n) is 4.08. The minimum atomic E-state index is -4.49. The summed E-state index contributed by atoms with van der Waals surface area (Å²) in [5.74, 6) is 0.260. The largest absolute Gasteiger partial charge is 0.444 e. The maximum atomic E-state index is 12.8. The van der Waals surface area contributed by atoms with E-state index in [9.17, 15) is 18.0 Å². The van der Waals surface area contributed by atoms with Crippen molar-refractivity contribution in [1.29, 1.82) is 0 Å². The summed E-state index contributed by atoms with van der Waals surface area (Å²) in [6, 6.07) is 0.757. The lowest BCUT2D eigenvalue weighted by Crippen LogP contribution is -2.50. The van der Waals surface area contributed by atoms with Gasteiger partial charge in [-0.05, 0) is 39.7 Å². The number of amides is 1. The molecule has 2 heterocycles. The van der Waals surface area contributed by atoms with Gasteiger partial charge in [0.05, 0.1) is 10.6 Å². The van der Waals surface area contributed by atoms with Gasteiger partial charge in [0.1, 0.15) is 11.4 Å². The summed E-state index contributed by atoms with van der Waals surface area (Å²) in [7, 11) is 1.71. The zero-order valence-electron chi connectivity index (χ0n) is 15.2. The average Bonchev–Trinajstić information content (AvgIpc) is 2.52. The van der Waals surface area contributed by atoms with Crippen LogP contribution in [0.5, 0.6) is 0 Å². The predicted molar refractivity (Wildman–Crippen MR) is 93.5 cm³/mol. The van der Waals surface area contributed by atoms with E-state index in [1.165, 1.54) is 0 Å². The normalized spacial score (nSPS) is 18.6. The average molecular weight is 394 g/mol. The Morgan fingerprint density at radius 3 is 2.58 bits per heavy atom. The van der Waals surface area contributed by atoms with Crippen LogP contribution in [-0.4, -0.2) is 47.8 Å². The number of alkyl halides is 3. The topological polar surface area (TPSA) is 45.7 Å². The highest BCUT2D eigenvalue weighted by molar-refractivity contribution is 6.33. The van der Waals surface area contributed by atoms with Crippen LogP contribution in [0.4, 0.5) is 23.8 Å². The van der Waals surface area contributed by atoms with Crippen molar-refractivity contribution in [3.8, 4) is 0 Å². The molecule has 0 aromatic carbocycles. The zero-order chi connectivity index (χ0) is 19.7. The Morgan fingerprint density at radius 2 is 2.04 bits per heavy atom. The van der Waals surface area contributed by atoms with Crippen molar-refractivity contribution < 1.29 is 22.7 Å². The fourth-order valence-corrected chi connectivity index (χ4v) is 3.08. The van der Waals surface area contributed by atoms with Gasteiger partial charge < -0.3 is 14.5 Å². The van der Waals surface area contributed by atoms with E-state index in [-0.39, 0.29) is 16.9 Å². The van der Waals surface area contributed by atoms with Crippen molar-refractivity contribution in [2.24, 2.45) is 0 Å². The number of hydrogen-bond acceptors (Lipinski definition) is 4. The molecule has 2 rings (SSSR count). The second-order valence-corrected chi connectivity index (χ2v) is 7.77. The van der Waals surface area contributed by atoms with E-state index in [4.69, 9.17) is 16.3 Å². The van der Waals surface area contributed by atoms with Crippen molar-refractivity contribution in [3.05, 3.63) is 22.8 Å². The molecule has 146 valence electrons. The molecular weight excluding hydrogens is 371 g/mol. The van der Waals surface area contributed by atoms with Gasteiger partial charge >= 0.3 is 12.3 Å². The van der Waals surface area contributed by atoms with Gasteiger partial charge in [-0.25, -0.2) is 9.78 Å². The van der Waals surface area contributed by atoms with Gasteiger partial charge in [-0.2, -0.15) is 13.2 Å². The van der Waals surface area contributed by atoms with Gasteiger partial charge in [-0.15, -0.1) is 0 Å². The van der Waals surface area contributed by atoms with Crippen LogP contribution >= 0.6 is 11.6 Å². The molecule has 1 atom stereocenters. The summed E-state index contributed by atoms with van der Waals surface area (Å²) in [5, 5.41) is -0.0725. The van der Waals surface area contributed by atoms with E-state index in [2.05, 4.69) is 4.98 Å². The van der Waals surface area contributed by atoms with Crippen LogP contribution in [0.25, 0.3) is 0 Å². The molecule has 1 saturated heterocycles. The van der Waals surface area contributed by atoms with E-state index in [0.29, 0.717) is 13.1 Å². The number of pyridine rings is 1. The Hall–Kier alpha value is -1.70. The minimum Gasteiger partial charge on any atom is -0.444 e. The van der Waals surface area contributed by atoms with E-state index in [0.717, 1.165) is 25.1 Å². The summed E-state index contributed by atoms with van der Waals surface area (Å²) in [5.41, 5.74) is -1.48. The maximum absolute atomic E-state index is 12.8. The van der Waals surface area contributed by atoms with E-state index in [1.54, 1.807) is 37.6 Å². The first-order valence-corrected chi connectivity index (χ1v) is 8.70. The Morgan fingerprint density at radius 1 is 1.38 bits per heavy atom. The number of likely N-dealkylation sites (N-methyl/N-ethyl adjacent to an activating group) is 1. The first kappa shape index (κ1) is 20.6. The van der Waals surface area contributed by atoms with Gasteiger partial charge in [0.2, 0.25) is 0 Å². The lowest BCUT2D eigenvalue weighted by atomic mass is 10.0. The van der Waals surface area contributed by atoms with Crippen LogP contribution in [0.2, 0.25) is 5.02 Å². The molecule has 1 fully saturated rings. The molecule has 0 radical (unpaired) electrons. The molecule has 0 saturated carbocycles. The number of carbonyl (C=O) groups is 1. The summed E-state index contributed by atoms with van der Waals surface area (Å²) < 4.78 is 43.7. The van der Waals surface area contributed by atoms with E-state index >= 15 is 0 Å². The molecule has 5 nitrogen and oxygen atoms in total. The molecule has 0 spiro atoms. The number of ether oxygens (including phenoxy) is 1. The van der Waals surface area contributed by atoms with Crippen molar-refractivity contribution in [1.82, 2.24) is 9.88 Å². The summed E-state index contributed by atoms with van der Waals surface area (Å²) in [6.45, 7) is 6.36. The lowest BCUT2D eigenvalue weighted by Gasteiger charge is -2.38. The zero-order valence-corrected chi connectivity index (χ0v) is 16.0. The Kier molecular flexibility index (Phi) is 5.95. The van der Waals surface area contributed by atoms with Crippen molar-refractivity contribution >= 4 is 23.5 Å². The quantitative estimate of drug-likeness (QED) is 0.737. The number of aromatic nitrogens is 1. The van der Waals surface area contributed by atoms with E-state index in [1.807, 2.05) is 0 Å². The monoisotopic (exact) mass is 393 g/mol. The van der Waals surface area contributed by atoms with Crippen molar-refractivity contribution in [2.75, 3.05) is 25.0 Å². The smallest absolute Gasteiger partial charge is 0.417 e. The molecule has 0 unspecified atom stereocenters. The fourth-order valence-electron chi connectivity index (χ4n) is 2.78. The van der Waals surface area contributed by atoms with Crippen LogP contribution in [0.3, 0.4) is 0 Å². The number of nitrogens with zero attached hydrogens (tertiary/aromatic N) is 3. The van der Waals surface area contributed by atoms with Gasteiger partial charge in [0.25, 0.3) is 0 Å². The first-order chi connectivity index (χ1) is 11.9. The SMILES string of the molecule is CN(c1ncc(C(F)(F)F)cc1Cl)[C@@H]1CCCN(C(=O)OC(C)(C)C)C1. The number of hydrogen-bond donors (Lipinski definition) is 0. The number of anilines is 1. The Balaban J connectivity index is 2.12. The van der Waals surface area contributed by atoms with Gasteiger partial charge in [0, 0.05) is 32.4 Å². The molecule has 1 aliphatic heterocycles. The first-order valence-electron chi connectivity index (χ1n) is 8.32. The molecule has 26 heavy (non-hydrogen) atoms. The Labute approximate surface area is 156 Å². The van der Waals surface area contributed by atoms with Crippen molar-refractivity contribution in [3.63, 3.8) is 0 Å². The van der Waals surface area contributed by atoms with Gasteiger partial charge in [-0.1, -0.05) is 11.6 Å². The highest BCUT2D eigenvalue weighted by Gasteiger charge is 2.33. The molecule has 1 aliphatic rings. The lowest BCUT2D eigenvalue weighted by molar-refractivity contribution is -0.137. The second kappa shape index (κ2) is 7.50. The number of rotatable bonds is 2. The van der Waals surface area contributed by atoms with Crippen LogP contribution in [-0.2, 0) is 10.9 Å². The van der Waals surface area contributed by atoms with Crippen molar-refractivity contribution in [2.45, 2.75) is 51.4 Å².